The summed E-state index contributed by atoms with van der Waals surface area (Å²) in [7, 11) is 0. The van der Waals surface area contributed by atoms with Gasteiger partial charge in [0.25, 0.3) is 5.91 Å². The number of amides is 2. The maximum atomic E-state index is 11.6. The van der Waals surface area contributed by atoms with Crippen molar-refractivity contribution in [2.75, 3.05) is 0 Å². The first kappa shape index (κ1) is 9.71. The first-order valence-electron chi connectivity index (χ1n) is 4.69. The summed E-state index contributed by atoms with van der Waals surface area (Å²) in [6.45, 7) is 3.70. The summed E-state index contributed by atoms with van der Waals surface area (Å²) in [6.07, 6.45) is 0. The molecule has 0 atom stereocenters. The fourth-order valence-electron chi connectivity index (χ4n) is 2.03. The second-order valence-corrected chi connectivity index (χ2v) is 4.17. The molecule has 0 radical (unpaired) electrons. The Morgan fingerprint density at radius 3 is 2.67 bits per heavy atom. The zero-order chi connectivity index (χ0) is 11.2. The largest absolute Gasteiger partial charge is 0.366 e. The standard InChI is InChI=1S/C11H12N2O2/c1-11(2)8-6(9(12)14)4-3-5-7(8)10(15)13-11/h3-5H,1-2H3,(H2,12,14)(H,13,15). The molecule has 78 valence electrons. The molecule has 0 bridgehead atoms. The van der Waals surface area contributed by atoms with E-state index in [0.717, 1.165) is 0 Å². The van der Waals surface area contributed by atoms with Crippen LogP contribution in [0, 0.1) is 0 Å². The highest BCUT2D eigenvalue weighted by Crippen LogP contribution is 2.32. The molecule has 2 amide bonds. The number of carbonyl (C=O) groups is 2. The zero-order valence-electron chi connectivity index (χ0n) is 8.63. The van der Waals surface area contributed by atoms with Crippen molar-refractivity contribution in [3.8, 4) is 0 Å². The van der Waals surface area contributed by atoms with Gasteiger partial charge in [0.2, 0.25) is 5.91 Å². The van der Waals surface area contributed by atoms with E-state index in [-0.39, 0.29) is 5.91 Å². The molecule has 0 aromatic heterocycles. The Bertz CT molecular complexity index is 464. The monoisotopic (exact) mass is 204 g/mol. The van der Waals surface area contributed by atoms with Crippen LogP contribution in [0.5, 0.6) is 0 Å². The van der Waals surface area contributed by atoms with Gasteiger partial charge < -0.3 is 11.1 Å². The highest BCUT2D eigenvalue weighted by atomic mass is 16.2. The van der Waals surface area contributed by atoms with Crippen molar-refractivity contribution in [3.05, 3.63) is 34.9 Å². The fraction of sp³-hybridized carbons (Fsp3) is 0.273. The van der Waals surface area contributed by atoms with E-state index in [4.69, 9.17) is 5.73 Å². The minimum atomic E-state index is -0.530. The van der Waals surface area contributed by atoms with Crippen LogP contribution in [0.25, 0.3) is 0 Å². The van der Waals surface area contributed by atoms with E-state index < -0.39 is 11.4 Å². The van der Waals surface area contributed by atoms with Crippen LogP contribution in [0.1, 0.15) is 40.1 Å². The molecule has 2 rings (SSSR count). The van der Waals surface area contributed by atoms with Gasteiger partial charge in [0.1, 0.15) is 0 Å². The van der Waals surface area contributed by atoms with Crippen LogP contribution in [0.3, 0.4) is 0 Å². The number of hydrogen-bond acceptors (Lipinski definition) is 2. The quantitative estimate of drug-likeness (QED) is 0.709. The molecule has 0 fully saturated rings. The van der Waals surface area contributed by atoms with Gasteiger partial charge in [0.05, 0.1) is 5.54 Å². The molecular formula is C11H12N2O2. The van der Waals surface area contributed by atoms with E-state index in [9.17, 15) is 9.59 Å². The Balaban J connectivity index is 2.75. The average molecular weight is 204 g/mol. The minimum Gasteiger partial charge on any atom is -0.366 e. The highest BCUT2D eigenvalue weighted by Gasteiger charge is 2.37. The Labute approximate surface area is 87.5 Å². The van der Waals surface area contributed by atoms with Crippen molar-refractivity contribution in [2.24, 2.45) is 5.73 Å². The molecule has 0 aliphatic carbocycles. The summed E-state index contributed by atoms with van der Waals surface area (Å²) in [4.78, 5) is 22.8. The predicted octanol–water partition coefficient (Wildman–Crippen LogP) is 0.764. The molecule has 4 nitrogen and oxygen atoms in total. The van der Waals surface area contributed by atoms with Gasteiger partial charge in [-0.3, -0.25) is 9.59 Å². The minimum absolute atomic E-state index is 0.155. The summed E-state index contributed by atoms with van der Waals surface area (Å²) in [6, 6.07) is 5.01. The third-order valence-corrected chi connectivity index (χ3v) is 2.63. The number of nitrogens with two attached hydrogens (primary N) is 1. The van der Waals surface area contributed by atoms with Gasteiger partial charge in [-0.1, -0.05) is 6.07 Å². The Hall–Kier alpha value is -1.84. The lowest BCUT2D eigenvalue weighted by atomic mass is 9.89. The fourth-order valence-corrected chi connectivity index (χ4v) is 2.03. The molecule has 0 spiro atoms. The topological polar surface area (TPSA) is 72.2 Å². The third kappa shape index (κ3) is 1.29. The van der Waals surface area contributed by atoms with Crippen LogP contribution in [-0.4, -0.2) is 11.8 Å². The molecule has 0 saturated carbocycles. The molecular weight excluding hydrogens is 192 g/mol. The van der Waals surface area contributed by atoms with Gasteiger partial charge in [-0.15, -0.1) is 0 Å². The van der Waals surface area contributed by atoms with E-state index in [1.54, 1.807) is 18.2 Å². The highest BCUT2D eigenvalue weighted by molar-refractivity contribution is 6.05. The second-order valence-electron chi connectivity index (χ2n) is 4.17. The van der Waals surface area contributed by atoms with E-state index in [2.05, 4.69) is 5.32 Å². The van der Waals surface area contributed by atoms with E-state index in [0.29, 0.717) is 16.7 Å². The van der Waals surface area contributed by atoms with E-state index >= 15 is 0 Å². The van der Waals surface area contributed by atoms with Crippen LogP contribution in [0.2, 0.25) is 0 Å². The second kappa shape index (κ2) is 2.82. The van der Waals surface area contributed by atoms with Gasteiger partial charge >= 0.3 is 0 Å². The van der Waals surface area contributed by atoms with Crippen molar-refractivity contribution in [1.82, 2.24) is 5.32 Å². The molecule has 1 aliphatic rings. The van der Waals surface area contributed by atoms with E-state index in [1.807, 2.05) is 13.8 Å². The Morgan fingerprint density at radius 2 is 2.07 bits per heavy atom. The lowest BCUT2D eigenvalue weighted by molar-refractivity contribution is 0.0937. The Morgan fingerprint density at radius 1 is 1.40 bits per heavy atom. The number of hydrogen-bond donors (Lipinski definition) is 2. The van der Waals surface area contributed by atoms with Crippen LogP contribution >= 0.6 is 0 Å². The molecule has 1 aromatic carbocycles. The summed E-state index contributed by atoms with van der Waals surface area (Å²) in [5, 5.41) is 2.81. The molecule has 4 heteroatoms. The maximum absolute atomic E-state index is 11.6. The van der Waals surface area contributed by atoms with Gasteiger partial charge in [-0.05, 0) is 26.0 Å². The van der Waals surface area contributed by atoms with Crippen molar-refractivity contribution < 1.29 is 9.59 Å². The van der Waals surface area contributed by atoms with Gasteiger partial charge in [0.15, 0.2) is 0 Å². The smallest absolute Gasteiger partial charge is 0.252 e. The van der Waals surface area contributed by atoms with Gasteiger partial charge in [-0.2, -0.15) is 0 Å². The molecule has 0 saturated heterocycles. The van der Waals surface area contributed by atoms with Gasteiger partial charge in [-0.25, -0.2) is 0 Å². The molecule has 1 aromatic rings. The zero-order valence-corrected chi connectivity index (χ0v) is 8.63. The number of carbonyl (C=O) groups excluding carboxylic acids is 2. The lowest BCUT2D eigenvalue weighted by Crippen LogP contribution is -2.34. The molecule has 1 aliphatic heterocycles. The SMILES string of the molecule is CC1(C)NC(=O)c2cccc(C(N)=O)c21. The van der Waals surface area contributed by atoms with Crippen molar-refractivity contribution in [1.29, 1.82) is 0 Å². The number of primary amides is 1. The lowest BCUT2D eigenvalue weighted by Gasteiger charge is -2.20. The molecule has 1 heterocycles. The van der Waals surface area contributed by atoms with Crippen LogP contribution < -0.4 is 11.1 Å². The van der Waals surface area contributed by atoms with Crippen LogP contribution in [0.15, 0.2) is 18.2 Å². The number of fused-ring (bicyclic) bond motifs is 1. The first-order valence-corrected chi connectivity index (χ1v) is 4.69. The number of nitrogens with one attached hydrogen (secondary N) is 1. The predicted molar refractivity (Wildman–Crippen MR) is 55.5 cm³/mol. The van der Waals surface area contributed by atoms with Gasteiger partial charge in [0, 0.05) is 16.7 Å². The summed E-state index contributed by atoms with van der Waals surface area (Å²) >= 11 is 0. The molecule has 15 heavy (non-hydrogen) atoms. The van der Waals surface area contributed by atoms with Crippen LogP contribution in [-0.2, 0) is 5.54 Å². The Kier molecular flexibility index (Phi) is 1.83. The van der Waals surface area contributed by atoms with E-state index in [1.165, 1.54) is 0 Å². The summed E-state index contributed by atoms with van der Waals surface area (Å²) < 4.78 is 0. The molecule has 0 unspecified atom stereocenters. The van der Waals surface area contributed by atoms with Crippen molar-refractivity contribution in [2.45, 2.75) is 19.4 Å². The maximum Gasteiger partial charge on any atom is 0.252 e. The van der Waals surface area contributed by atoms with Crippen LogP contribution in [0.4, 0.5) is 0 Å². The normalized spacial score (nSPS) is 17.1. The number of rotatable bonds is 1. The molecule has 3 N–H and O–H groups in total. The summed E-state index contributed by atoms with van der Waals surface area (Å²) in [5.41, 5.74) is 6.39. The number of benzene rings is 1. The van der Waals surface area contributed by atoms with Crippen molar-refractivity contribution in [3.63, 3.8) is 0 Å². The third-order valence-electron chi connectivity index (χ3n) is 2.63. The van der Waals surface area contributed by atoms with Crippen molar-refractivity contribution >= 4 is 11.8 Å². The first-order chi connectivity index (χ1) is 6.93. The average Bonchev–Trinajstić information content (AvgIpc) is 2.37. The summed E-state index contributed by atoms with van der Waals surface area (Å²) in [5.74, 6) is -0.658.